The van der Waals surface area contributed by atoms with Crippen LogP contribution in [0.15, 0.2) is 10.2 Å². The first-order valence-corrected chi connectivity index (χ1v) is 14.5. The molecule has 0 aromatic heterocycles. The lowest BCUT2D eigenvalue weighted by atomic mass is 9.96. The molecule has 0 atom stereocenters. The summed E-state index contributed by atoms with van der Waals surface area (Å²) in [4.78, 5) is 0. The molecule has 0 saturated heterocycles. The highest BCUT2D eigenvalue weighted by atomic mass is 32.1. The molecule has 0 bridgehead atoms. The number of hydrogen-bond donors (Lipinski definition) is 4. The largest absolute Gasteiger partial charge is 0.359 e. The molecule has 0 aromatic rings. The van der Waals surface area contributed by atoms with Crippen molar-refractivity contribution in [2.75, 3.05) is 0 Å². The Labute approximate surface area is 218 Å². The molecule has 194 valence electrons. The zero-order valence-electron chi connectivity index (χ0n) is 21.6. The molecule has 2 saturated carbocycles. The second-order valence-electron chi connectivity index (χ2n) is 10.2. The summed E-state index contributed by atoms with van der Waals surface area (Å²) in [6.45, 7) is 4.17. The van der Waals surface area contributed by atoms with Crippen LogP contribution in [0.5, 0.6) is 0 Å². The van der Waals surface area contributed by atoms with E-state index in [9.17, 15) is 0 Å². The predicted molar refractivity (Wildman–Crippen MR) is 155 cm³/mol. The molecule has 0 radical (unpaired) electrons. The molecule has 0 amide bonds. The first kappa shape index (κ1) is 29.0. The molecular weight excluding hydrogens is 460 g/mol. The summed E-state index contributed by atoms with van der Waals surface area (Å²) in [6, 6.07) is 1.05. The molecule has 8 heteroatoms. The van der Waals surface area contributed by atoms with Gasteiger partial charge in [-0.05, 0) is 89.6 Å². The summed E-state index contributed by atoms with van der Waals surface area (Å²) in [5, 5.41) is 17.0. The third kappa shape index (κ3) is 14.2. The molecule has 0 spiro atoms. The quantitative estimate of drug-likeness (QED) is 0.0991. The van der Waals surface area contributed by atoms with Crippen LogP contribution < -0.4 is 21.5 Å². The number of hydrogen-bond acceptors (Lipinski definition) is 4. The molecular formula is C26H48N6S2. The summed E-state index contributed by atoms with van der Waals surface area (Å²) in [5.41, 5.74) is 8.31. The number of hydrazone groups is 2. The van der Waals surface area contributed by atoms with Gasteiger partial charge in [-0.2, -0.15) is 10.2 Å². The van der Waals surface area contributed by atoms with E-state index < -0.39 is 0 Å². The van der Waals surface area contributed by atoms with Crippen LogP contribution in [-0.4, -0.2) is 33.7 Å². The highest BCUT2D eigenvalue weighted by Crippen LogP contribution is 2.18. The summed E-state index contributed by atoms with van der Waals surface area (Å²) in [5.74, 6) is 0. The van der Waals surface area contributed by atoms with E-state index in [0.717, 1.165) is 24.3 Å². The normalized spacial score (nSPS) is 18.4. The van der Waals surface area contributed by atoms with E-state index in [1.54, 1.807) is 0 Å². The van der Waals surface area contributed by atoms with Crippen LogP contribution in [0.1, 0.15) is 129 Å². The van der Waals surface area contributed by atoms with E-state index in [4.69, 9.17) is 24.4 Å². The topological polar surface area (TPSA) is 72.8 Å². The maximum Gasteiger partial charge on any atom is 0.187 e. The predicted octanol–water partition coefficient (Wildman–Crippen LogP) is 6.45. The number of nitrogens with one attached hydrogen (secondary N) is 4. The zero-order valence-corrected chi connectivity index (χ0v) is 23.2. The SMILES string of the molecule is CC(CCCCCCCCC(C)=NNC(=S)NC1CCCCC1)=NNC(=S)NC1CCCCC1. The number of thiocarbonyl (C=S) groups is 2. The highest BCUT2D eigenvalue weighted by molar-refractivity contribution is 7.80. The van der Waals surface area contributed by atoms with Gasteiger partial charge in [0.15, 0.2) is 10.2 Å². The fourth-order valence-electron chi connectivity index (χ4n) is 4.80. The lowest BCUT2D eigenvalue weighted by molar-refractivity contribution is 0.412. The van der Waals surface area contributed by atoms with Crippen LogP contribution in [0.3, 0.4) is 0 Å². The number of nitrogens with zero attached hydrogens (tertiary/aromatic N) is 2. The first-order chi connectivity index (χ1) is 16.5. The van der Waals surface area contributed by atoms with E-state index >= 15 is 0 Å². The highest BCUT2D eigenvalue weighted by Gasteiger charge is 2.14. The van der Waals surface area contributed by atoms with Crippen molar-refractivity contribution in [2.24, 2.45) is 10.2 Å². The van der Waals surface area contributed by atoms with Crippen LogP contribution in [-0.2, 0) is 0 Å². The van der Waals surface area contributed by atoms with Gasteiger partial charge in [0.1, 0.15) is 0 Å². The van der Waals surface area contributed by atoms with Crippen molar-refractivity contribution in [1.82, 2.24) is 21.5 Å². The Bertz CT molecular complexity index is 596. The molecule has 0 heterocycles. The van der Waals surface area contributed by atoms with E-state index in [1.165, 1.54) is 103 Å². The molecule has 34 heavy (non-hydrogen) atoms. The molecule has 0 unspecified atom stereocenters. The second kappa shape index (κ2) is 18.1. The average molecular weight is 509 g/mol. The Balaban J connectivity index is 1.41. The minimum absolute atomic E-state index is 0.524. The number of rotatable bonds is 13. The zero-order chi connectivity index (χ0) is 24.4. The van der Waals surface area contributed by atoms with Gasteiger partial charge in [0, 0.05) is 23.5 Å². The maximum absolute atomic E-state index is 5.38. The molecule has 0 aliphatic heterocycles. The van der Waals surface area contributed by atoms with Crippen LogP contribution in [0, 0.1) is 0 Å². The van der Waals surface area contributed by atoms with Crippen molar-refractivity contribution in [3.8, 4) is 0 Å². The Morgan fingerprint density at radius 3 is 1.32 bits per heavy atom. The lowest BCUT2D eigenvalue weighted by Crippen LogP contribution is -2.41. The van der Waals surface area contributed by atoms with Crippen molar-refractivity contribution in [3.05, 3.63) is 0 Å². The van der Waals surface area contributed by atoms with Crippen molar-refractivity contribution >= 4 is 46.1 Å². The smallest absolute Gasteiger partial charge is 0.187 e. The van der Waals surface area contributed by atoms with Gasteiger partial charge in [-0.1, -0.05) is 64.2 Å². The monoisotopic (exact) mass is 508 g/mol. The fourth-order valence-corrected chi connectivity index (χ4v) is 5.23. The van der Waals surface area contributed by atoms with Crippen LogP contribution in [0.4, 0.5) is 0 Å². The van der Waals surface area contributed by atoms with E-state index in [1.807, 2.05) is 0 Å². The van der Waals surface area contributed by atoms with Gasteiger partial charge in [-0.25, -0.2) is 0 Å². The van der Waals surface area contributed by atoms with E-state index in [2.05, 4.69) is 45.5 Å². The second-order valence-corrected chi connectivity index (χ2v) is 11.0. The summed E-state index contributed by atoms with van der Waals surface area (Å²) < 4.78 is 0. The summed E-state index contributed by atoms with van der Waals surface area (Å²) in [7, 11) is 0. The van der Waals surface area contributed by atoms with Gasteiger partial charge in [0.2, 0.25) is 0 Å². The molecule has 2 rings (SSSR count). The third-order valence-corrected chi connectivity index (χ3v) is 7.32. The molecule has 2 fully saturated rings. The standard InChI is InChI=1S/C26H48N6S2/c1-21(29-31-25(33)27-23-17-11-7-12-18-23)15-9-5-3-4-6-10-16-22(2)30-32-26(34)28-24-19-13-8-14-20-24/h23-24H,3-20H2,1-2H3,(H2,27,31,33)(H2,28,32,34). The van der Waals surface area contributed by atoms with Crippen molar-refractivity contribution < 1.29 is 0 Å². The summed E-state index contributed by atoms with van der Waals surface area (Å²) >= 11 is 10.8. The van der Waals surface area contributed by atoms with E-state index in [0.29, 0.717) is 22.3 Å². The number of unbranched alkanes of at least 4 members (excludes halogenated alkanes) is 5. The van der Waals surface area contributed by atoms with Crippen molar-refractivity contribution in [1.29, 1.82) is 0 Å². The first-order valence-electron chi connectivity index (χ1n) is 13.7. The van der Waals surface area contributed by atoms with Gasteiger partial charge < -0.3 is 10.6 Å². The minimum atomic E-state index is 0.524. The Kier molecular flexibility index (Phi) is 15.4. The van der Waals surface area contributed by atoms with Gasteiger partial charge in [-0.15, -0.1) is 0 Å². The average Bonchev–Trinajstić information content (AvgIpc) is 2.84. The molecule has 2 aliphatic rings. The Morgan fingerprint density at radius 1 is 0.588 bits per heavy atom. The third-order valence-electron chi connectivity index (χ3n) is 6.90. The van der Waals surface area contributed by atoms with Gasteiger partial charge in [0.05, 0.1) is 0 Å². The van der Waals surface area contributed by atoms with Crippen LogP contribution in [0.25, 0.3) is 0 Å². The molecule has 6 nitrogen and oxygen atoms in total. The minimum Gasteiger partial charge on any atom is -0.359 e. The Morgan fingerprint density at radius 2 is 0.941 bits per heavy atom. The van der Waals surface area contributed by atoms with Gasteiger partial charge in [-0.3, -0.25) is 10.9 Å². The Hall–Kier alpha value is -1.28. The maximum atomic E-state index is 5.38. The van der Waals surface area contributed by atoms with Gasteiger partial charge >= 0.3 is 0 Å². The molecule has 0 aromatic carbocycles. The fraction of sp³-hybridized carbons (Fsp3) is 0.846. The lowest BCUT2D eigenvalue weighted by Gasteiger charge is -2.23. The van der Waals surface area contributed by atoms with Crippen LogP contribution >= 0.6 is 24.4 Å². The summed E-state index contributed by atoms with van der Waals surface area (Å²) in [6.07, 6.45) is 22.3. The van der Waals surface area contributed by atoms with E-state index in [-0.39, 0.29) is 0 Å². The van der Waals surface area contributed by atoms with Crippen molar-refractivity contribution in [3.63, 3.8) is 0 Å². The molecule has 4 N–H and O–H groups in total. The van der Waals surface area contributed by atoms with Gasteiger partial charge in [0.25, 0.3) is 0 Å². The van der Waals surface area contributed by atoms with Crippen molar-refractivity contribution in [2.45, 2.75) is 142 Å². The molecule has 2 aliphatic carbocycles. The van der Waals surface area contributed by atoms with Crippen LogP contribution in [0.2, 0.25) is 0 Å².